The molecule has 1 saturated heterocycles. The number of methoxy groups -OCH3 is 1. The summed E-state index contributed by atoms with van der Waals surface area (Å²) in [6.07, 6.45) is 3.45. The molecule has 0 unspecified atom stereocenters. The van der Waals surface area contributed by atoms with Crippen LogP contribution in [0, 0.1) is 0 Å². The summed E-state index contributed by atoms with van der Waals surface area (Å²) in [4.78, 5) is 27.8. The van der Waals surface area contributed by atoms with Crippen LogP contribution < -0.4 is 5.32 Å². The van der Waals surface area contributed by atoms with Crippen molar-refractivity contribution in [3.05, 3.63) is 78.8 Å². The molecule has 1 N–H and O–H groups in total. The monoisotopic (exact) mass is 526 g/mol. The molecule has 1 fully saturated rings. The second-order valence-corrected chi connectivity index (χ2v) is 9.06. The number of carbonyl (C=O) groups excluding carboxylic acids is 2. The number of nitrogens with one attached hydrogen (secondary N) is 1. The van der Waals surface area contributed by atoms with Crippen molar-refractivity contribution < 1.29 is 14.3 Å². The third kappa shape index (κ3) is 7.06. The second kappa shape index (κ2) is 12.0. The van der Waals surface area contributed by atoms with E-state index in [9.17, 15) is 9.59 Å². The van der Waals surface area contributed by atoms with Crippen molar-refractivity contribution in [1.29, 1.82) is 0 Å². The number of Topliss-reactive ketones (excluding diaryl/α,β-unsaturated/α-hetero) is 1. The molecular weight excluding hydrogens is 506 g/mol. The first-order chi connectivity index (χ1) is 15.8. The van der Waals surface area contributed by atoms with Crippen LogP contribution in [0.1, 0.15) is 11.1 Å². The largest absolute Gasteiger partial charge is 0.383 e. The highest BCUT2D eigenvalue weighted by Crippen LogP contribution is 2.28. The highest BCUT2D eigenvalue weighted by atomic mass is 35.5. The fourth-order valence-electron chi connectivity index (χ4n) is 3.30. The van der Waals surface area contributed by atoms with E-state index in [1.807, 2.05) is 0 Å². The number of benzene rings is 2. The maximum Gasteiger partial charge on any atom is 0.237 e. The molecule has 1 aliphatic rings. The first-order valence-corrected chi connectivity index (χ1v) is 11.6. The van der Waals surface area contributed by atoms with Crippen LogP contribution in [0.2, 0.25) is 20.1 Å². The highest BCUT2D eigenvalue weighted by Gasteiger charge is 2.29. The normalized spacial score (nSPS) is 16.6. The van der Waals surface area contributed by atoms with E-state index in [4.69, 9.17) is 51.1 Å². The summed E-state index contributed by atoms with van der Waals surface area (Å²) in [7, 11) is 1.60. The molecule has 0 spiro atoms. The maximum absolute atomic E-state index is 13.3. The van der Waals surface area contributed by atoms with Crippen LogP contribution in [-0.2, 0) is 14.3 Å². The molecule has 3 rings (SSSR count). The van der Waals surface area contributed by atoms with Gasteiger partial charge in [-0.1, -0.05) is 58.5 Å². The van der Waals surface area contributed by atoms with Crippen LogP contribution in [-0.4, -0.2) is 56.5 Å². The summed E-state index contributed by atoms with van der Waals surface area (Å²) in [6, 6.07) is 10.2. The lowest BCUT2D eigenvalue weighted by molar-refractivity contribution is -0.130. The van der Waals surface area contributed by atoms with E-state index < -0.39 is 0 Å². The molecule has 0 aromatic heterocycles. The molecule has 1 heterocycles. The molecule has 9 heteroatoms. The maximum atomic E-state index is 13.3. The molecule has 2 aromatic rings. The standard InChI is InChI=1S/C24H22Cl4N2O3/c1-33-7-6-29-12-23(31)30-13-17(8-15-2-4-19(25)21(27)10-15)24(32)18(14-30)9-16-3-5-20(26)22(28)11-16/h2-5,8-11,29H,6-7,12-14H2,1H3/b17-8+,18-9+. The molecule has 0 saturated carbocycles. The molecule has 1 aliphatic heterocycles. The Kier molecular flexibility index (Phi) is 9.38. The van der Waals surface area contributed by atoms with Gasteiger partial charge in [0.05, 0.1) is 33.2 Å². The van der Waals surface area contributed by atoms with Crippen molar-refractivity contribution >= 4 is 70.2 Å². The van der Waals surface area contributed by atoms with Gasteiger partial charge in [0.25, 0.3) is 0 Å². The zero-order chi connectivity index (χ0) is 24.0. The van der Waals surface area contributed by atoms with Crippen LogP contribution in [0.5, 0.6) is 0 Å². The molecule has 0 radical (unpaired) electrons. The summed E-state index contributed by atoms with van der Waals surface area (Å²) in [6.45, 7) is 1.55. The number of nitrogens with zero attached hydrogens (tertiary/aromatic N) is 1. The Bertz CT molecular complexity index is 1040. The molecule has 33 heavy (non-hydrogen) atoms. The molecule has 5 nitrogen and oxygen atoms in total. The number of halogens is 4. The number of ether oxygens (including phenoxy) is 1. The van der Waals surface area contributed by atoms with Gasteiger partial charge in [-0.15, -0.1) is 0 Å². The van der Waals surface area contributed by atoms with Gasteiger partial charge in [-0.25, -0.2) is 0 Å². The molecule has 0 atom stereocenters. The first kappa shape index (κ1) is 25.8. The van der Waals surface area contributed by atoms with Gasteiger partial charge in [0.15, 0.2) is 5.78 Å². The Hall–Kier alpha value is -1.86. The number of hydrogen-bond acceptors (Lipinski definition) is 4. The third-order valence-corrected chi connectivity index (χ3v) is 6.46. The summed E-state index contributed by atoms with van der Waals surface area (Å²) in [5.41, 5.74) is 2.37. The van der Waals surface area contributed by atoms with Crippen LogP contribution in [0.25, 0.3) is 12.2 Å². The number of likely N-dealkylation sites (tertiary alicyclic amines) is 1. The second-order valence-electron chi connectivity index (χ2n) is 7.43. The van der Waals surface area contributed by atoms with Gasteiger partial charge < -0.3 is 15.0 Å². The number of amides is 1. The van der Waals surface area contributed by atoms with Crippen LogP contribution in [0.15, 0.2) is 47.5 Å². The van der Waals surface area contributed by atoms with Crippen molar-refractivity contribution in [2.45, 2.75) is 0 Å². The lowest BCUT2D eigenvalue weighted by Crippen LogP contribution is -2.45. The quantitative estimate of drug-likeness (QED) is 0.386. The molecule has 0 bridgehead atoms. The number of ketones is 1. The Morgan fingerprint density at radius 2 is 1.45 bits per heavy atom. The summed E-state index contributed by atoms with van der Waals surface area (Å²) >= 11 is 24.3. The lowest BCUT2D eigenvalue weighted by Gasteiger charge is -2.30. The van der Waals surface area contributed by atoms with Gasteiger partial charge in [0, 0.05) is 37.9 Å². The molecule has 1 amide bonds. The Labute approximate surface area is 212 Å². The fraction of sp³-hybridized carbons (Fsp3) is 0.250. The van der Waals surface area contributed by atoms with Gasteiger partial charge in [0.1, 0.15) is 0 Å². The topological polar surface area (TPSA) is 58.6 Å². The summed E-state index contributed by atoms with van der Waals surface area (Å²) < 4.78 is 5.00. The minimum Gasteiger partial charge on any atom is -0.383 e. The van der Waals surface area contributed by atoms with Crippen LogP contribution >= 0.6 is 46.4 Å². The predicted molar refractivity (Wildman–Crippen MR) is 135 cm³/mol. The third-order valence-electron chi connectivity index (χ3n) is 4.99. The van der Waals surface area contributed by atoms with Crippen LogP contribution in [0.4, 0.5) is 0 Å². The van der Waals surface area contributed by atoms with Gasteiger partial charge in [-0.05, 0) is 47.5 Å². The van der Waals surface area contributed by atoms with Gasteiger partial charge in [-0.2, -0.15) is 0 Å². The van der Waals surface area contributed by atoms with Crippen molar-refractivity contribution in [2.24, 2.45) is 0 Å². The Morgan fingerprint density at radius 3 is 1.91 bits per heavy atom. The molecule has 174 valence electrons. The minimum absolute atomic E-state index is 0.126. The van der Waals surface area contributed by atoms with Crippen molar-refractivity contribution in [3.63, 3.8) is 0 Å². The Morgan fingerprint density at radius 1 is 0.939 bits per heavy atom. The lowest BCUT2D eigenvalue weighted by atomic mass is 9.94. The number of carbonyl (C=O) groups is 2. The van der Waals surface area contributed by atoms with Crippen molar-refractivity contribution in [3.8, 4) is 0 Å². The van der Waals surface area contributed by atoms with Crippen molar-refractivity contribution in [2.75, 3.05) is 39.9 Å². The zero-order valence-electron chi connectivity index (χ0n) is 17.8. The van der Waals surface area contributed by atoms with E-state index in [1.165, 1.54) is 0 Å². The number of rotatable bonds is 7. The van der Waals surface area contributed by atoms with E-state index in [-0.39, 0.29) is 31.3 Å². The Balaban J connectivity index is 1.92. The SMILES string of the molecule is COCCNCC(=O)N1C/C(=C\c2ccc(Cl)c(Cl)c2)C(=O)/C(=C/c2ccc(Cl)c(Cl)c2)C1. The number of hydrogen-bond donors (Lipinski definition) is 1. The van der Waals surface area contributed by atoms with E-state index in [2.05, 4.69) is 5.32 Å². The van der Waals surface area contributed by atoms with Gasteiger partial charge in [0.2, 0.25) is 5.91 Å². The minimum atomic E-state index is -0.150. The van der Waals surface area contributed by atoms with Gasteiger partial charge >= 0.3 is 0 Å². The highest BCUT2D eigenvalue weighted by molar-refractivity contribution is 6.42. The van der Waals surface area contributed by atoms with Crippen LogP contribution in [0.3, 0.4) is 0 Å². The van der Waals surface area contributed by atoms with E-state index >= 15 is 0 Å². The average Bonchev–Trinajstić information content (AvgIpc) is 2.78. The molecular formula is C24H22Cl4N2O3. The summed E-state index contributed by atoms with van der Waals surface area (Å²) in [5, 5.41) is 4.67. The summed E-state index contributed by atoms with van der Waals surface area (Å²) in [5.74, 6) is -0.276. The van der Waals surface area contributed by atoms with E-state index in [0.717, 1.165) is 0 Å². The smallest absolute Gasteiger partial charge is 0.237 e. The van der Waals surface area contributed by atoms with Crippen molar-refractivity contribution in [1.82, 2.24) is 10.2 Å². The average molecular weight is 528 g/mol. The first-order valence-electron chi connectivity index (χ1n) is 10.1. The van der Waals surface area contributed by atoms with E-state index in [1.54, 1.807) is 60.6 Å². The fourth-order valence-corrected chi connectivity index (χ4v) is 3.92. The molecule has 2 aromatic carbocycles. The zero-order valence-corrected chi connectivity index (χ0v) is 20.9. The van der Waals surface area contributed by atoms with Gasteiger partial charge in [-0.3, -0.25) is 9.59 Å². The van der Waals surface area contributed by atoms with E-state index in [0.29, 0.717) is 55.5 Å². The number of piperidine rings is 1. The predicted octanol–water partition coefficient (Wildman–Crippen LogP) is 5.41. The molecule has 0 aliphatic carbocycles.